The van der Waals surface area contributed by atoms with Gasteiger partial charge in [0.2, 0.25) is 5.91 Å². The minimum atomic E-state index is 0.0444. The fraction of sp³-hybridized carbons (Fsp3) is 0.588. The predicted molar refractivity (Wildman–Crippen MR) is 84.6 cm³/mol. The van der Waals surface area contributed by atoms with Crippen LogP contribution in [0, 0.1) is 0 Å². The Kier molecular flexibility index (Phi) is 5.62. The maximum absolute atomic E-state index is 11.6. The molecule has 1 atom stereocenters. The quantitative estimate of drug-likeness (QED) is 0.846. The largest absolute Gasteiger partial charge is 0.493 e. The number of carbonyl (C=O) groups excluding carboxylic acids is 1. The lowest BCUT2D eigenvalue weighted by atomic mass is 9.87. The summed E-state index contributed by atoms with van der Waals surface area (Å²) in [5.74, 6) is 0.979. The third-order valence-electron chi connectivity index (χ3n) is 3.85. The molecule has 1 aliphatic rings. The van der Waals surface area contributed by atoms with Crippen molar-refractivity contribution in [3.8, 4) is 5.75 Å². The Hall–Kier alpha value is -1.55. The van der Waals surface area contributed by atoms with E-state index in [0.717, 1.165) is 12.2 Å². The summed E-state index contributed by atoms with van der Waals surface area (Å²) in [6.07, 6.45) is 3.80. The van der Waals surface area contributed by atoms with Gasteiger partial charge in [-0.1, -0.05) is 12.1 Å². The number of amides is 1. The molecule has 0 aromatic heterocycles. The van der Waals surface area contributed by atoms with Crippen LogP contribution in [0.4, 0.5) is 0 Å². The summed E-state index contributed by atoms with van der Waals surface area (Å²) in [5.41, 5.74) is 2.64. The molecule has 1 unspecified atom stereocenters. The molecule has 1 aromatic carbocycles. The fourth-order valence-electron chi connectivity index (χ4n) is 2.90. The third kappa shape index (κ3) is 4.21. The van der Waals surface area contributed by atoms with Crippen molar-refractivity contribution < 1.29 is 9.53 Å². The van der Waals surface area contributed by atoms with E-state index in [1.807, 2.05) is 33.0 Å². The lowest BCUT2D eigenvalue weighted by Crippen LogP contribution is -2.31. The number of nitrogens with one attached hydrogen (secondary N) is 2. The summed E-state index contributed by atoms with van der Waals surface area (Å²) in [7, 11) is 2.00. The van der Waals surface area contributed by atoms with Crippen LogP contribution in [0.15, 0.2) is 18.2 Å². The topological polar surface area (TPSA) is 50.4 Å². The van der Waals surface area contributed by atoms with Crippen molar-refractivity contribution in [1.29, 1.82) is 0 Å². The van der Waals surface area contributed by atoms with E-state index in [2.05, 4.69) is 16.7 Å². The second-order valence-corrected chi connectivity index (χ2v) is 5.88. The first-order valence-corrected chi connectivity index (χ1v) is 7.83. The molecule has 4 heteroatoms. The smallest absolute Gasteiger partial charge is 0.223 e. The van der Waals surface area contributed by atoms with Gasteiger partial charge in [0.15, 0.2) is 0 Å². The Morgan fingerprint density at radius 2 is 2.24 bits per heavy atom. The molecule has 0 heterocycles. The number of hydrogen-bond donors (Lipinski definition) is 2. The molecule has 0 aliphatic heterocycles. The molecule has 1 aromatic rings. The van der Waals surface area contributed by atoms with Crippen LogP contribution in [0.3, 0.4) is 0 Å². The maximum atomic E-state index is 11.6. The van der Waals surface area contributed by atoms with Gasteiger partial charge in [-0.15, -0.1) is 0 Å². The van der Waals surface area contributed by atoms with E-state index in [0.29, 0.717) is 19.1 Å². The highest BCUT2D eigenvalue weighted by Crippen LogP contribution is 2.35. The normalized spacial score (nSPS) is 17.4. The van der Waals surface area contributed by atoms with E-state index in [9.17, 15) is 4.79 Å². The van der Waals surface area contributed by atoms with Gasteiger partial charge in [0.05, 0.1) is 13.0 Å². The molecule has 0 saturated carbocycles. The van der Waals surface area contributed by atoms with E-state index in [-0.39, 0.29) is 11.9 Å². The van der Waals surface area contributed by atoms with Crippen LogP contribution < -0.4 is 15.4 Å². The van der Waals surface area contributed by atoms with Crippen molar-refractivity contribution in [3.63, 3.8) is 0 Å². The number of benzene rings is 1. The molecule has 0 spiro atoms. The van der Waals surface area contributed by atoms with Crippen molar-refractivity contribution >= 4 is 5.91 Å². The van der Waals surface area contributed by atoms with Gasteiger partial charge < -0.3 is 15.4 Å². The van der Waals surface area contributed by atoms with Crippen LogP contribution in [0.2, 0.25) is 0 Å². The first-order valence-electron chi connectivity index (χ1n) is 7.83. The molecule has 2 rings (SSSR count). The summed E-state index contributed by atoms with van der Waals surface area (Å²) >= 11 is 0. The van der Waals surface area contributed by atoms with Crippen LogP contribution in [0.5, 0.6) is 5.75 Å². The highest BCUT2D eigenvalue weighted by molar-refractivity contribution is 5.76. The summed E-state index contributed by atoms with van der Waals surface area (Å²) < 4.78 is 5.86. The molecule has 4 nitrogen and oxygen atoms in total. The molecule has 0 fully saturated rings. The zero-order valence-electron chi connectivity index (χ0n) is 13.2. The Bertz CT molecular complexity index is 486. The first-order chi connectivity index (χ1) is 10.1. The molecule has 2 N–H and O–H groups in total. The molecule has 21 heavy (non-hydrogen) atoms. The number of fused-ring (bicyclic) bond motifs is 1. The molecule has 0 radical (unpaired) electrons. The second-order valence-electron chi connectivity index (χ2n) is 5.88. The van der Waals surface area contributed by atoms with Crippen molar-refractivity contribution in [3.05, 3.63) is 29.3 Å². The van der Waals surface area contributed by atoms with Crippen molar-refractivity contribution in [1.82, 2.24) is 10.6 Å². The summed E-state index contributed by atoms with van der Waals surface area (Å²) in [4.78, 5) is 11.6. The molecular formula is C17H26N2O2. The fourth-order valence-corrected chi connectivity index (χ4v) is 2.90. The average molecular weight is 290 g/mol. The van der Waals surface area contributed by atoms with Gasteiger partial charge in [-0.2, -0.15) is 0 Å². The summed E-state index contributed by atoms with van der Waals surface area (Å²) in [6.45, 7) is 4.35. The number of ether oxygens (including phenoxy) is 1. The van der Waals surface area contributed by atoms with Crippen LogP contribution in [0.1, 0.15) is 50.3 Å². The molecule has 1 aliphatic carbocycles. The zero-order valence-corrected chi connectivity index (χ0v) is 13.2. The Morgan fingerprint density at radius 1 is 1.43 bits per heavy atom. The zero-order chi connectivity index (χ0) is 15.2. The summed E-state index contributed by atoms with van der Waals surface area (Å²) in [6, 6.07) is 6.82. The lowest BCUT2D eigenvalue weighted by Gasteiger charge is -2.26. The van der Waals surface area contributed by atoms with Crippen molar-refractivity contribution in [2.24, 2.45) is 0 Å². The highest BCUT2D eigenvalue weighted by Gasteiger charge is 2.21. The highest BCUT2D eigenvalue weighted by atomic mass is 16.5. The van der Waals surface area contributed by atoms with E-state index in [4.69, 9.17) is 4.74 Å². The number of carbonyl (C=O) groups is 1. The molecule has 116 valence electrons. The van der Waals surface area contributed by atoms with E-state index >= 15 is 0 Å². The average Bonchev–Trinajstić information content (AvgIpc) is 2.46. The second kappa shape index (κ2) is 7.46. The van der Waals surface area contributed by atoms with E-state index in [1.54, 1.807) is 0 Å². The molecule has 1 amide bonds. The maximum Gasteiger partial charge on any atom is 0.223 e. The van der Waals surface area contributed by atoms with Gasteiger partial charge in [0.25, 0.3) is 0 Å². The Labute approximate surface area is 127 Å². The van der Waals surface area contributed by atoms with E-state index < -0.39 is 0 Å². The molecule has 0 saturated heterocycles. The van der Waals surface area contributed by atoms with Gasteiger partial charge >= 0.3 is 0 Å². The van der Waals surface area contributed by atoms with Gasteiger partial charge in [0.1, 0.15) is 5.75 Å². The molecule has 0 bridgehead atoms. The minimum Gasteiger partial charge on any atom is -0.493 e. The third-order valence-corrected chi connectivity index (χ3v) is 3.85. The minimum absolute atomic E-state index is 0.0444. The SMILES string of the molecule is CNC1CCCc2c(OCCC(=O)NC(C)C)cccc21. The molecular weight excluding hydrogens is 264 g/mol. The van der Waals surface area contributed by atoms with Gasteiger partial charge in [-0.05, 0) is 57.4 Å². The number of rotatable bonds is 6. The van der Waals surface area contributed by atoms with Crippen LogP contribution in [-0.2, 0) is 11.2 Å². The van der Waals surface area contributed by atoms with Crippen LogP contribution in [0.25, 0.3) is 0 Å². The van der Waals surface area contributed by atoms with Gasteiger partial charge in [-0.25, -0.2) is 0 Å². The monoisotopic (exact) mass is 290 g/mol. The van der Waals surface area contributed by atoms with Crippen molar-refractivity contribution in [2.75, 3.05) is 13.7 Å². The Balaban J connectivity index is 1.97. The van der Waals surface area contributed by atoms with Crippen molar-refractivity contribution in [2.45, 2.75) is 51.6 Å². The van der Waals surface area contributed by atoms with Crippen LogP contribution in [-0.4, -0.2) is 25.6 Å². The van der Waals surface area contributed by atoms with Gasteiger partial charge in [0, 0.05) is 12.1 Å². The lowest BCUT2D eigenvalue weighted by molar-refractivity contribution is -0.122. The standard InChI is InChI=1S/C17H26N2O2/c1-12(2)19-17(20)10-11-21-16-9-5-6-13-14(16)7-4-8-15(13)18-3/h5-6,9,12,15,18H,4,7-8,10-11H2,1-3H3,(H,19,20). The first kappa shape index (κ1) is 15.8. The predicted octanol–water partition coefficient (Wildman–Crippen LogP) is 2.58. The van der Waals surface area contributed by atoms with E-state index in [1.165, 1.54) is 24.0 Å². The number of hydrogen-bond acceptors (Lipinski definition) is 3. The van der Waals surface area contributed by atoms with Gasteiger partial charge in [-0.3, -0.25) is 4.79 Å². The summed E-state index contributed by atoms with van der Waals surface area (Å²) in [5, 5.41) is 6.24. The Morgan fingerprint density at radius 3 is 2.95 bits per heavy atom. The van der Waals surface area contributed by atoms with Crippen LogP contribution >= 0.6 is 0 Å².